The standard InChI is InChI=1S/C18H11ClF3NO4/c19-11-5-6-14-10(7-11)8-15(27-14)17(25)26-9-16(24)23-13-4-2-1-3-12(13)18(20,21)22/h1-8H,9H2,(H,23,24). The van der Waals surface area contributed by atoms with Crippen LogP contribution in [0.3, 0.4) is 0 Å². The lowest BCUT2D eigenvalue weighted by atomic mass is 10.1. The van der Waals surface area contributed by atoms with Crippen LogP contribution in [0.1, 0.15) is 16.1 Å². The molecule has 0 saturated heterocycles. The zero-order valence-electron chi connectivity index (χ0n) is 13.5. The summed E-state index contributed by atoms with van der Waals surface area (Å²) >= 11 is 5.84. The molecule has 0 unspecified atom stereocenters. The summed E-state index contributed by atoms with van der Waals surface area (Å²) in [6, 6.07) is 10.6. The van der Waals surface area contributed by atoms with Gasteiger partial charge in [-0.1, -0.05) is 23.7 Å². The summed E-state index contributed by atoms with van der Waals surface area (Å²) in [5.74, 6) is -2.00. The van der Waals surface area contributed by atoms with Crippen LogP contribution >= 0.6 is 11.6 Å². The van der Waals surface area contributed by atoms with Crippen molar-refractivity contribution in [3.05, 3.63) is 64.9 Å². The number of hydrogen-bond acceptors (Lipinski definition) is 4. The minimum atomic E-state index is -4.63. The Balaban J connectivity index is 1.64. The number of halogens is 4. The van der Waals surface area contributed by atoms with Gasteiger partial charge in [0.15, 0.2) is 6.61 Å². The Bertz CT molecular complexity index is 1010. The zero-order chi connectivity index (χ0) is 19.6. The van der Waals surface area contributed by atoms with Crippen molar-refractivity contribution in [2.75, 3.05) is 11.9 Å². The van der Waals surface area contributed by atoms with Crippen molar-refractivity contribution < 1.29 is 31.9 Å². The van der Waals surface area contributed by atoms with E-state index < -0.39 is 35.9 Å². The summed E-state index contributed by atoms with van der Waals surface area (Å²) in [6.07, 6.45) is -4.63. The van der Waals surface area contributed by atoms with Crippen LogP contribution in [-0.4, -0.2) is 18.5 Å². The van der Waals surface area contributed by atoms with Gasteiger partial charge < -0.3 is 14.5 Å². The van der Waals surface area contributed by atoms with Gasteiger partial charge in [-0.2, -0.15) is 13.2 Å². The van der Waals surface area contributed by atoms with Gasteiger partial charge in [-0.05, 0) is 36.4 Å². The smallest absolute Gasteiger partial charge is 0.418 e. The molecule has 27 heavy (non-hydrogen) atoms. The normalized spacial score (nSPS) is 11.4. The lowest BCUT2D eigenvalue weighted by Crippen LogP contribution is -2.22. The van der Waals surface area contributed by atoms with Crippen molar-refractivity contribution in [1.29, 1.82) is 0 Å². The number of ether oxygens (including phenoxy) is 1. The first-order valence-corrected chi connectivity index (χ1v) is 7.94. The number of fused-ring (bicyclic) bond motifs is 1. The maximum atomic E-state index is 12.9. The molecule has 1 N–H and O–H groups in total. The molecule has 3 rings (SSSR count). The first-order valence-electron chi connectivity index (χ1n) is 7.56. The lowest BCUT2D eigenvalue weighted by molar-refractivity contribution is -0.137. The summed E-state index contributed by atoms with van der Waals surface area (Å²) in [5.41, 5.74) is -1.03. The van der Waals surface area contributed by atoms with E-state index in [1.807, 2.05) is 0 Å². The number of para-hydroxylation sites is 1. The molecule has 0 atom stereocenters. The highest BCUT2D eigenvalue weighted by Crippen LogP contribution is 2.34. The molecule has 0 spiro atoms. The molecule has 1 heterocycles. The molecule has 0 radical (unpaired) electrons. The molecular weight excluding hydrogens is 387 g/mol. The lowest BCUT2D eigenvalue weighted by Gasteiger charge is -2.13. The second-order valence-corrected chi connectivity index (χ2v) is 5.90. The number of rotatable bonds is 4. The Morgan fingerprint density at radius 1 is 1.11 bits per heavy atom. The van der Waals surface area contributed by atoms with E-state index in [0.29, 0.717) is 16.0 Å². The van der Waals surface area contributed by atoms with Crippen LogP contribution in [0.15, 0.2) is 52.9 Å². The van der Waals surface area contributed by atoms with Gasteiger partial charge in [-0.15, -0.1) is 0 Å². The summed E-state index contributed by atoms with van der Waals surface area (Å²) in [4.78, 5) is 23.8. The molecule has 1 amide bonds. The number of furan rings is 1. The average Bonchev–Trinajstić information content (AvgIpc) is 3.02. The highest BCUT2D eigenvalue weighted by atomic mass is 35.5. The van der Waals surface area contributed by atoms with Crippen LogP contribution in [0.25, 0.3) is 11.0 Å². The number of carbonyl (C=O) groups excluding carboxylic acids is 2. The molecule has 0 saturated carbocycles. The van der Waals surface area contributed by atoms with Gasteiger partial charge in [-0.3, -0.25) is 4.79 Å². The van der Waals surface area contributed by atoms with Gasteiger partial charge in [0.2, 0.25) is 5.76 Å². The van der Waals surface area contributed by atoms with Crippen molar-refractivity contribution >= 4 is 40.1 Å². The SMILES string of the molecule is O=C(COC(=O)c1cc2cc(Cl)ccc2o1)Nc1ccccc1C(F)(F)F. The molecular formula is C18H11ClF3NO4. The number of alkyl halides is 3. The molecule has 3 aromatic rings. The van der Waals surface area contributed by atoms with Crippen LogP contribution in [0.5, 0.6) is 0 Å². The predicted molar refractivity (Wildman–Crippen MR) is 91.6 cm³/mol. The molecule has 9 heteroatoms. The monoisotopic (exact) mass is 397 g/mol. The number of anilines is 1. The Morgan fingerprint density at radius 3 is 2.59 bits per heavy atom. The Kier molecular flexibility index (Phi) is 5.09. The molecule has 1 aromatic heterocycles. The fourth-order valence-corrected chi connectivity index (χ4v) is 2.52. The van der Waals surface area contributed by atoms with E-state index in [1.165, 1.54) is 18.2 Å². The third-order valence-corrected chi connectivity index (χ3v) is 3.76. The van der Waals surface area contributed by atoms with Gasteiger partial charge in [-0.25, -0.2) is 4.79 Å². The predicted octanol–water partition coefficient (Wildman–Crippen LogP) is 4.90. The largest absolute Gasteiger partial charge is 0.450 e. The third kappa shape index (κ3) is 4.40. The van der Waals surface area contributed by atoms with Crippen LogP contribution in [-0.2, 0) is 15.7 Å². The number of hydrogen-bond donors (Lipinski definition) is 1. The van der Waals surface area contributed by atoms with E-state index >= 15 is 0 Å². The van der Waals surface area contributed by atoms with Gasteiger partial charge in [0.05, 0.1) is 11.3 Å². The van der Waals surface area contributed by atoms with E-state index in [0.717, 1.165) is 12.1 Å². The van der Waals surface area contributed by atoms with E-state index in [-0.39, 0.29) is 5.76 Å². The maximum Gasteiger partial charge on any atom is 0.418 e. The van der Waals surface area contributed by atoms with Crippen LogP contribution < -0.4 is 5.32 Å². The average molecular weight is 398 g/mol. The minimum Gasteiger partial charge on any atom is -0.450 e. The third-order valence-electron chi connectivity index (χ3n) is 3.52. The van der Waals surface area contributed by atoms with Crippen molar-refractivity contribution in [3.63, 3.8) is 0 Å². The summed E-state index contributed by atoms with van der Waals surface area (Å²) < 4.78 is 48.8. The van der Waals surface area contributed by atoms with E-state index in [4.69, 9.17) is 20.8 Å². The van der Waals surface area contributed by atoms with Gasteiger partial charge in [0.1, 0.15) is 5.58 Å². The Morgan fingerprint density at radius 2 is 1.85 bits per heavy atom. The van der Waals surface area contributed by atoms with Gasteiger partial charge >= 0.3 is 12.1 Å². The second-order valence-electron chi connectivity index (χ2n) is 5.46. The zero-order valence-corrected chi connectivity index (χ0v) is 14.2. The molecule has 0 aliphatic carbocycles. The van der Waals surface area contributed by atoms with Crippen molar-refractivity contribution in [2.24, 2.45) is 0 Å². The molecule has 2 aromatic carbocycles. The number of amides is 1. The number of nitrogens with one attached hydrogen (secondary N) is 1. The summed E-state index contributed by atoms with van der Waals surface area (Å²) in [7, 11) is 0. The quantitative estimate of drug-likeness (QED) is 0.636. The molecule has 5 nitrogen and oxygen atoms in total. The molecule has 0 aliphatic heterocycles. The molecule has 140 valence electrons. The van der Waals surface area contributed by atoms with Crippen molar-refractivity contribution in [2.45, 2.75) is 6.18 Å². The van der Waals surface area contributed by atoms with E-state index in [2.05, 4.69) is 5.32 Å². The maximum absolute atomic E-state index is 12.9. The first-order chi connectivity index (χ1) is 12.7. The summed E-state index contributed by atoms with van der Waals surface area (Å²) in [5, 5.41) is 3.09. The van der Waals surface area contributed by atoms with Crippen molar-refractivity contribution in [1.82, 2.24) is 0 Å². The molecule has 0 bridgehead atoms. The van der Waals surface area contributed by atoms with Gasteiger partial charge in [0.25, 0.3) is 5.91 Å². The Labute approximate surface area is 155 Å². The number of benzene rings is 2. The second kappa shape index (κ2) is 7.32. The highest BCUT2D eigenvalue weighted by molar-refractivity contribution is 6.31. The number of carbonyl (C=O) groups is 2. The minimum absolute atomic E-state index is 0.157. The molecule has 0 aliphatic rings. The van der Waals surface area contributed by atoms with Crippen LogP contribution in [0.2, 0.25) is 5.02 Å². The first kappa shape index (κ1) is 18.8. The fraction of sp³-hybridized carbons (Fsp3) is 0.111. The van der Waals surface area contributed by atoms with Gasteiger partial charge in [0, 0.05) is 10.4 Å². The number of esters is 1. The Hall–Kier alpha value is -3.00. The highest BCUT2D eigenvalue weighted by Gasteiger charge is 2.33. The molecule has 0 fully saturated rings. The summed E-state index contributed by atoms with van der Waals surface area (Å²) in [6.45, 7) is -0.775. The van der Waals surface area contributed by atoms with Crippen molar-refractivity contribution in [3.8, 4) is 0 Å². The van der Waals surface area contributed by atoms with Crippen LogP contribution in [0.4, 0.5) is 18.9 Å². The van der Waals surface area contributed by atoms with E-state index in [9.17, 15) is 22.8 Å². The van der Waals surface area contributed by atoms with Crippen LogP contribution in [0, 0.1) is 0 Å². The topological polar surface area (TPSA) is 68.5 Å². The fourth-order valence-electron chi connectivity index (χ4n) is 2.34. The van der Waals surface area contributed by atoms with E-state index in [1.54, 1.807) is 18.2 Å².